The van der Waals surface area contributed by atoms with Crippen molar-refractivity contribution in [1.29, 1.82) is 0 Å². The Bertz CT molecular complexity index is 729. The van der Waals surface area contributed by atoms with Crippen LogP contribution >= 0.6 is 0 Å². The first-order valence-electron chi connectivity index (χ1n) is 9.21. The lowest BCUT2D eigenvalue weighted by molar-refractivity contribution is -0.277. The van der Waals surface area contributed by atoms with Gasteiger partial charge in [0.2, 0.25) is 6.29 Å². The van der Waals surface area contributed by atoms with Crippen molar-refractivity contribution in [1.82, 2.24) is 0 Å². The third-order valence-corrected chi connectivity index (χ3v) is 4.89. The summed E-state index contributed by atoms with van der Waals surface area (Å²) in [5.74, 6) is 1.29. The molecule has 2 aromatic rings. The zero-order valence-electron chi connectivity index (χ0n) is 15.6. The fourth-order valence-corrected chi connectivity index (χ4v) is 3.11. The molecule has 0 radical (unpaired) electrons. The average Bonchev–Trinajstić information content (AvgIpc) is 2.74. The van der Waals surface area contributed by atoms with Gasteiger partial charge in [-0.25, -0.2) is 0 Å². The van der Waals surface area contributed by atoms with Gasteiger partial charge in [0.15, 0.2) is 0 Å². The molecule has 28 heavy (non-hydrogen) atoms. The Morgan fingerprint density at radius 2 is 1.32 bits per heavy atom. The molecule has 3 rings (SSSR count). The normalized spacial score (nSPS) is 27.4. The van der Waals surface area contributed by atoms with Crippen LogP contribution in [-0.4, -0.2) is 64.8 Å². The highest BCUT2D eigenvalue weighted by atomic mass is 16.7. The molecule has 1 saturated heterocycles. The van der Waals surface area contributed by atoms with Crippen LogP contribution in [0.15, 0.2) is 48.5 Å². The molecule has 1 heterocycles. The lowest BCUT2D eigenvalue weighted by atomic mass is 9.99. The summed E-state index contributed by atoms with van der Waals surface area (Å²) in [5.41, 5.74) is 2.33. The summed E-state index contributed by atoms with van der Waals surface area (Å²) in [4.78, 5) is 0. The molecule has 152 valence electrons. The van der Waals surface area contributed by atoms with E-state index in [2.05, 4.69) is 0 Å². The SMILES string of the molecule is COc1ccc(CCc2ccc(O[C@@H]3O[C@H](CO)[C@@H](O)[C@H](O)[C@H]3O)cc2)cc1. The van der Waals surface area contributed by atoms with E-state index in [1.807, 2.05) is 36.4 Å². The van der Waals surface area contributed by atoms with Crippen LogP contribution in [0.2, 0.25) is 0 Å². The highest BCUT2D eigenvalue weighted by Crippen LogP contribution is 2.24. The van der Waals surface area contributed by atoms with Crippen molar-refractivity contribution in [3.05, 3.63) is 59.7 Å². The van der Waals surface area contributed by atoms with Crippen LogP contribution in [0.25, 0.3) is 0 Å². The van der Waals surface area contributed by atoms with Crippen LogP contribution in [0.1, 0.15) is 11.1 Å². The van der Waals surface area contributed by atoms with E-state index in [0.717, 1.165) is 24.2 Å². The Balaban J connectivity index is 1.56. The van der Waals surface area contributed by atoms with E-state index >= 15 is 0 Å². The summed E-state index contributed by atoms with van der Waals surface area (Å²) >= 11 is 0. The molecule has 2 aromatic carbocycles. The van der Waals surface area contributed by atoms with Gasteiger partial charge in [0.1, 0.15) is 35.9 Å². The highest BCUT2D eigenvalue weighted by molar-refractivity contribution is 5.30. The monoisotopic (exact) mass is 390 g/mol. The van der Waals surface area contributed by atoms with E-state index < -0.39 is 37.3 Å². The van der Waals surface area contributed by atoms with Crippen molar-refractivity contribution in [2.24, 2.45) is 0 Å². The number of aryl methyl sites for hydroxylation is 2. The van der Waals surface area contributed by atoms with Crippen LogP contribution in [0.3, 0.4) is 0 Å². The van der Waals surface area contributed by atoms with E-state index in [1.165, 1.54) is 5.56 Å². The lowest BCUT2D eigenvalue weighted by Gasteiger charge is -2.39. The smallest absolute Gasteiger partial charge is 0.229 e. The van der Waals surface area contributed by atoms with Gasteiger partial charge in [-0.2, -0.15) is 0 Å². The second kappa shape index (κ2) is 9.36. The molecule has 1 aliphatic heterocycles. The largest absolute Gasteiger partial charge is 0.497 e. The highest BCUT2D eigenvalue weighted by Gasteiger charge is 2.44. The van der Waals surface area contributed by atoms with Crippen LogP contribution in [-0.2, 0) is 17.6 Å². The number of rotatable bonds is 7. The minimum Gasteiger partial charge on any atom is -0.497 e. The Morgan fingerprint density at radius 1 is 0.786 bits per heavy atom. The molecule has 0 spiro atoms. The van der Waals surface area contributed by atoms with Gasteiger partial charge < -0.3 is 34.6 Å². The van der Waals surface area contributed by atoms with Crippen LogP contribution < -0.4 is 9.47 Å². The predicted molar refractivity (Wildman–Crippen MR) is 101 cm³/mol. The number of ether oxygens (including phenoxy) is 3. The van der Waals surface area contributed by atoms with E-state index in [1.54, 1.807) is 19.2 Å². The van der Waals surface area contributed by atoms with Gasteiger partial charge in [-0.15, -0.1) is 0 Å². The van der Waals surface area contributed by atoms with Crippen molar-refractivity contribution in [2.75, 3.05) is 13.7 Å². The lowest BCUT2D eigenvalue weighted by Crippen LogP contribution is -2.60. The maximum Gasteiger partial charge on any atom is 0.229 e. The first kappa shape index (κ1) is 20.6. The molecule has 0 aromatic heterocycles. The van der Waals surface area contributed by atoms with E-state index in [-0.39, 0.29) is 0 Å². The summed E-state index contributed by atoms with van der Waals surface area (Å²) in [5, 5.41) is 38.9. The quantitative estimate of drug-likeness (QED) is 0.550. The maximum absolute atomic E-state index is 10.0. The van der Waals surface area contributed by atoms with Gasteiger partial charge in [0, 0.05) is 0 Å². The Labute approximate surface area is 163 Å². The minimum atomic E-state index is -1.46. The van der Waals surface area contributed by atoms with Crippen molar-refractivity contribution in [2.45, 2.75) is 43.5 Å². The third kappa shape index (κ3) is 4.81. The van der Waals surface area contributed by atoms with E-state index in [0.29, 0.717) is 5.75 Å². The fraction of sp³-hybridized carbons (Fsp3) is 0.429. The minimum absolute atomic E-state index is 0.456. The third-order valence-electron chi connectivity index (χ3n) is 4.89. The zero-order chi connectivity index (χ0) is 20.1. The number of aliphatic hydroxyl groups is 4. The molecule has 0 aliphatic carbocycles. The number of hydrogen-bond acceptors (Lipinski definition) is 7. The fourth-order valence-electron chi connectivity index (χ4n) is 3.11. The molecular formula is C21H26O7. The summed E-state index contributed by atoms with van der Waals surface area (Å²) < 4.78 is 16.1. The average molecular weight is 390 g/mol. The topological polar surface area (TPSA) is 109 Å². The number of aliphatic hydroxyl groups excluding tert-OH is 4. The second-order valence-corrected chi connectivity index (χ2v) is 6.81. The molecule has 4 N–H and O–H groups in total. The van der Waals surface area contributed by atoms with Crippen LogP contribution in [0.4, 0.5) is 0 Å². The van der Waals surface area contributed by atoms with E-state index in [9.17, 15) is 20.4 Å². The standard InChI is InChI=1S/C21H26O7/c1-26-15-8-4-13(5-9-15)2-3-14-6-10-16(11-7-14)27-21-20(25)19(24)18(23)17(12-22)28-21/h4-11,17-25H,2-3,12H2,1H3/t17-,18-,19+,20-,21-/m1/s1. The number of hydrogen-bond donors (Lipinski definition) is 4. The van der Waals surface area contributed by atoms with Crippen LogP contribution in [0.5, 0.6) is 11.5 Å². The van der Waals surface area contributed by atoms with Crippen molar-refractivity contribution in [3.63, 3.8) is 0 Å². The Hall–Kier alpha value is -2.16. The van der Waals surface area contributed by atoms with Gasteiger partial charge in [-0.3, -0.25) is 0 Å². The van der Waals surface area contributed by atoms with Gasteiger partial charge >= 0.3 is 0 Å². The van der Waals surface area contributed by atoms with Crippen LogP contribution in [0, 0.1) is 0 Å². The van der Waals surface area contributed by atoms with Crippen molar-refractivity contribution < 1.29 is 34.6 Å². The molecule has 7 nitrogen and oxygen atoms in total. The van der Waals surface area contributed by atoms with Gasteiger partial charge in [0.05, 0.1) is 13.7 Å². The molecule has 7 heteroatoms. The molecule has 1 aliphatic rings. The van der Waals surface area contributed by atoms with Crippen molar-refractivity contribution in [3.8, 4) is 11.5 Å². The molecule has 5 atom stereocenters. The Kier molecular flexibility index (Phi) is 6.88. The molecule has 0 bridgehead atoms. The Morgan fingerprint density at radius 3 is 1.82 bits per heavy atom. The van der Waals surface area contributed by atoms with Gasteiger partial charge in [-0.05, 0) is 48.2 Å². The molecule has 0 amide bonds. The number of benzene rings is 2. The molecular weight excluding hydrogens is 364 g/mol. The first-order chi connectivity index (χ1) is 13.5. The first-order valence-corrected chi connectivity index (χ1v) is 9.21. The molecule has 1 fully saturated rings. The molecule has 0 saturated carbocycles. The summed E-state index contributed by atoms with van der Waals surface area (Å²) in [6, 6.07) is 15.3. The number of methoxy groups -OCH3 is 1. The maximum atomic E-state index is 10.0. The van der Waals surface area contributed by atoms with Gasteiger partial charge in [-0.1, -0.05) is 24.3 Å². The summed E-state index contributed by atoms with van der Waals surface area (Å²) in [6.45, 7) is -0.491. The molecule has 0 unspecified atom stereocenters. The summed E-state index contributed by atoms with van der Waals surface area (Å²) in [6.07, 6.45) is -4.72. The predicted octanol–water partition coefficient (Wildman–Crippen LogP) is 0.659. The van der Waals surface area contributed by atoms with Crippen molar-refractivity contribution >= 4 is 0 Å². The summed E-state index contributed by atoms with van der Waals surface area (Å²) in [7, 11) is 1.64. The second-order valence-electron chi connectivity index (χ2n) is 6.81. The van der Waals surface area contributed by atoms with E-state index in [4.69, 9.17) is 14.2 Å². The van der Waals surface area contributed by atoms with Gasteiger partial charge in [0.25, 0.3) is 0 Å². The zero-order valence-corrected chi connectivity index (χ0v) is 15.6.